The summed E-state index contributed by atoms with van der Waals surface area (Å²) >= 11 is 0. The first-order valence-corrected chi connectivity index (χ1v) is 8.95. The van der Waals surface area contributed by atoms with Crippen molar-refractivity contribution in [3.05, 3.63) is 46.4 Å². The minimum atomic E-state index is -0.0214. The van der Waals surface area contributed by atoms with Gasteiger partial charge in [-0.15, -0.1) is 0 Å². The van der Waals surface area contributed by atoms with Gasteiger partial charge in [0.15, 0.2) is 0 Å². The maximum atomic E-state index is 12.2. The van der Waals surface area contributed by atoms with Crippen molar-refractivity contribution in [1.29, 1.82) is 0 Å². The number of fused-ring (bicyclic) bond motifs is 1. The summed E-state index contributed by atoms with van der Waals surface area (Å²) in [4.78, 5) is 22.7. The summed E-state index contributed by atoms with van der Waals surface area (Å²) in [5.74, 6) is 2.21. The fourth-order valence-electron chi connectivity index (χ4n) is 3.82. The van der Waals surface area contributed by atoms with Gasteiger partial charge in [0, 0.05) is 26.1 Å². The molecule has 1 atom stereocenters. The maximum absolute atomic E-state index is 12.2. The molecule has 0 aliphatic carbocycles. The average molecular weight is 340 g/mol. The summed E-state index contributed by atoms with van der Waals surface area (Å²) < 4.78 is 3.26. The van der Waals surface area contributed by atoms with E-state index in [2.05, 4.69) is 26.0 Å². The topological polar surface area (TPSA) is 71.7 Å². The normalized spacial score (nSPS) is 18.9. The molecule has 3 heterocycles. The van der Waals surface area contributed by atoms with E-state index < -0.39 is 0 Å². The number of hydrogen-bond acceptors (Lipinski definition) is 4. The first-order chi connectivity index (χ1) is 12.2. The van der Waals surface area contributed by atoms with Crippen LogP contribution < -0.4 is 5.69 Å². The summed E-state index contributed by atoms with van der Waals surface area (Å²) in [7, 11) is 1.73. The number of likely N-dealkylation sites (tertiary alicyclic amines) is 1. The van der Waals surface area contributed by atoms with Gasteiger partial charge in [-0.2, -0.15) is 5.10 Å². The molecule has 0 radical (unpaired) electrons. The van der Waals surface area contributed by atoms with Crippen molar-refractivity contribution in [2.75, 3.05) is 13.1 Å². The molecular weight excluding hydrogens is 316 g/mol. The molecule has 25 heavy (non-hydrogen) atoms. The zero-order valence-electron chi connectivity index (χ0n) is 14.8. The number of rotatable bonds is 4. The number of imidazole rings is 1. The van der Waals surface area contributed by atoms with E-state index in [9.17, 15) is 4.79 Å². The third-order valence-electron chi connectivity index (χ3n) is 5.04. The molecule has 0 spiro atoms. The number of hydrogen-bond donors (Lipinski definition) is 1. The molecule has 1 aliphatic rings. The number of aromatic nitrogens is 5. The molecule has 1 aromatic carbocycles. The van der Waals surface area contributed by atoms with E-state index in [0.717, 1.165) is 55.2 Å². The summed E-state index contributed by atoms with van der Waals surface area (Å²) in [5.41, 5.74) is 2.07. The Morgan fingerprint density at radius 3 is 2.96 bits per heavy atom. The molecule has 2 aromatic heterocycles. The lowest BCUT2D eigenvalue weighted by atomic mass is 9.97. The minimum absolute atomic E-state index is 0.0214. The largest absolute Gasteiger partial charge is 0.345 e. The highest BCUT2D eigenvalue weighted by molar-refractivity contribution is 5.74. The highest BCUT2D eigenvalue weighted by atomic mass is 16.2. The van der Waals surface area contributed by atoms with Crippen LogP contribution in [0.25, 0.3) is 11.0 Å². The van der Waals surface area contributed by atoms with Crippen LogP contribution in [-0.2, 0) is 20.1 Å². The molecule has 1 N–H and O–H groups in total. The van der Waals surface area contributed by atoms with Crippen LogP contribution in [0.1, 0.15) is 37.3 Å². The molecule has 0 saturated carbocycles. The van der Waals surface area contributed by atoms with E-state index in [0.29, 0.717) is 12.5 Å². The second kappa shape index (κ2) is 6.48. The average Bonchev–Trinajstić information content (AvgIpc) is 3.15. The lowest BCUT2D eigenvalue weighted by Crippen LogP contribution is -2.35. The van der Waals surface area contributed by atoms with E-state index in [1.165, 1.54) is 4.68 Å². The number of nitrogens with zero attached hydrogens (tertiary/aromatic N) is 5. The third-order valence-corrected chi connectivity index (χ3v) is 5.04. The molecule has 0 amide bonds. The van der Waals surface area contributed by atoms with E-state index in [1.807, 2.05) is 25.1 Å². The summed E-state index contributed by atoms with van der Waals surface area (Å²) in [6.07, 6.45) is 2.19. The van der Waals surface area contributed by atoms with Crippen molar-refractivity contribution >= 4 is 11.0 Å². The van der Waals surface area contributed by atoms with Crippen molar-refractivity contribution in [1.82, 2.24) is 29.2 Å². The van der Waals surface area contributed by atoms with Crippen LogP contribution in [-0.4, -0.2) is 42.3 Å². The number of H-pyrrole nitrogens is 1. The van der Waals surface area contributed by atoms with Crippen LogP contribution in [0, 0.1) is 0 Å². The van der Waals surface area contributed by atoms with Crippen molar-refractivity contribution in [2.45, 2.75) is 38.8 Å². The van der Waals surface area contributed by atoms with Gasteiger partial charge in [0.1, 0.15) is 11.6 Å². The lowest BCUT2D eigenvalue weighted by molar-refractivity contribution is 0.190. The Hall–Kier alpha value is -2.41. The summed E-state index contributed by atoms with van der Waals surface area (Å²) in [6.45, 7) is 5.43. The van der Waals surface area contributed by atoms with Gasteiger partial charge in [0.2, 0.25) is 0 Å². The standard InChI is InChI=1S/C18H24N6O/c1-3-24-17(21-22(2)18(24)25)13-7-6-10-23(11-13)12-16-19-14-8-4-5-9-15(14)20-16/h4-5,8-9,13H,3,6-7,10-12H2,1-2H3,(H,19,20)/t13-/m1/s1. The Kier molecular flexibility index (Phi) is 4.17. The van der Waals surface area contributed by atoms with E-state index >= 15 is 0 Å². The van der Waals surface area contributed by atoms with Gasteiger partial charge >= 0.3 is 5.69 Å². The number of para-hydroxylation sites is 2. The van der Waals surface area contributed by atoms with Crippen LogP contribution in [0.15, 0.2) is 29.1 Å². The van der Waals surface area contributed by atoms with E-state index in [4.69, 9.17) is 0 Å². The smallest absolute Gasteiger partial charge is 0.341 e. The molecule has 1 aliphatic heterocycles. The molecule has 7 heteroatoms. The van der Waals surface area contributed by atoms with Crippen molar-refractivity contribution in [3.63, 3.8) is 0 Å². The molecule has 7 nitrogen and oxygen atoms in total. The molecular formula is C18H24N6O. The minimum Gasteiger partial charge on any atom is -0.341 e. The number of aromatic amines is 1. The highest BCUT2D eigenvalue weighted by Crippen LogP contribution is 2.26. The molecule has 0 unspecified atom stereocenters. The Balaban J connectivity index is 1.53. The summed E-state index contributed by atoms with van der Waals surface area (Å²) in [6, 6.07) is 8.11. The molecule has 3 aromatic rings. The number of benzene rings is 1. The van der Waals surface area contributed by atoms with Crippen LogP contribution >= 0.6 is 0 Å². The van der Waals surface area contributed by atoms with Gasteiger partial charge in [-0.05, 0) is 38.4 Å². The second-order valence-electron chi connectivity index (χ2n) is 6.78. The van der Waals surface area contributed by atoms with Crippen LogP contribution in [0.2, 0.25) is 0 Å². The van der Waals surface area contributed by atoms with E-state index in [-0.39, 0.29) is 5.69 Å². The van der Waals surface area contributed by atoms with Crippen molar-refractivity contribution in [2.24, 2.45) is 7.05 Å². The molecule has 0 bridgehead atoms. The molecule has 4 rings (SSSR count). The summed E-state index contributed by atoms with van der Waals surface area (Å²) in [5, 5.41) is 4.50. The second-order valence-corrected chi connectivity index (χ2v) is 6.78. The predicted molar refractivity (Wildman–Crippen MR) is 96.5 cm³/mol. The Morgan fingerprint density at radius 1 is 1.32 bits per heavy atom. The predicted octanol–water partition coefficient (Wildman–Crippen LogP) is 1.86. The van der Waals surface area contributed by atoms with Crippen LogP contribution in [0.4, 0.5) is 0 Å². The van der Waals surface area contributed by atoms with Crippen LogP contribution in [0.5, 0.6) is 0 Å². The fourth-order valence-corrected chi connectivity index (χ4v) is 3.82. The number of piperidine rings is 1. The van der Waals surface area contributed by atoms with Gasteiger partial charge in [-0.3, -0.25) is 9.47 Å². The Labute approximate surface area is 146 Å². The number of aryl methyl sites for hydroxylation is 1. The monoisotopic (exact) mass is 340 g/mol. The van der Waals surface area contributed by atoms with Gasteiger partial charge in [0.05, 0.1) is 17.6 Å². The quantitative estimate of drug-likeness (QED) is 0.787. The van der Waals surface area contributed by atoms with Crippen molar-refractivity contribution < 1.29 is 0 Å². The zero-order chi connectivity index (χ0) is 17.4. The van der Waals surface area contributed by atoms with Crippen LogP contribution in [0.3, 0.4) is 0 Å². The van der Waals surface area contributed by atoms with Gasteiger partial charge in [-0.1, -0.05) is 12.1 Å². The zero-order valence-corrected chi connectivity index (χ0v) is 14.8. The lowest BCUT2D eigenvalue weighted by Gasteiger charge is -2.31. The SMILES string of the molecule is CCn1c([C@@H]2CCCN(Cc3nc4ccccc4[nH]3)C2)nn(C)c1=O. The highest BCUT2D eigenvalue weighted by Gasteiger charge is 2.27. The first kappa shape index (κ1) is 16.1. The van der Waals surface area contributed by atoms with E-state index in [1.54, 1.807) is 11.6 Å². The molecule has 1 saturated heterocycles. The molecule has 1 fully saturated rings. The van der Waals surface area contributed by atoms with Gasteiger partial charge < -0.3 is 4.98 Å². The Morgan fingerprint density at radius 2 is 2.16 bits per heavy atom. The fraction of sp³-hybridized carbons (Fsp3) is 0.500. The molecule has 132 valence electrons. The Bertz CT molecular complexity index is 904. The number of nitrogens with one attached hydrogen (secondary N) is 1. The van der Waals surface area contributed by atoms with Crippen molar-refractivity contribution in [3.8, 4) is 0 Å². The third kappa shape index (κ3) is 3.00. The maximum Gasteiger partial charge on any atom is 0.345 e. The first-order valence-electron chi connectivity index (χ1n) is 8.95. The van der Waals surface area contributed by atoms with Gasteiger partial charge in [-0.25, -0.2) is 14.5 Å². The van der Waals surface area contributed by atoms with Gasteiger partial charge in [0.25, 0.3) is 0 Å².